The number of aromatic nitrogens is 1. The van der Waals surface area contributed by atoms with Crippen LogP contribution >= 0.6 is 0 Å². The number of ether oxygens (including phenoxy) is 1. The topological polar surface area (TPSA) is 35.3 Å². The van der Waals surface area contributed by atoms with Gasteiger partial charge in [0.05, 0.1) is 7.11 Å². The van der Waals surface area contributed by atoms with Crippen LogP contribution in [0.1, 0.15) is 11.1 Å². The number of rotatable bonds is 1. The number of aryl methyl sites for hydroxylation is 2. The highest BCUT2D eigenvalue weighted by molar-refractivity contribution is 5.81. The van der Waals surface area contributed by atoms with Gasteiger partial charge in [-0.05, 0) is 25.5 Å². The molecule has 13 heavy (non-hydrogen) atoms. The van der Waals surface area contributed by atoms with E-state index in [1.807, 2.05) is 19.9 Å². The zero-order chi connectivity index (χ0) is 9.42. The van der Waals surface area contributed by atoms with E-state index in [1.54, 1.807) is 7.11 Å². The molecule has 0 unspecified atom stereocenters. The van der Waals surface area contributed by atoms with Crippen molar-refractivity contribution in [2.75, 3.05) is 7.11 Å². The molecular formula is C10H11NO2. The second-order valence-corrected chi connectivity index (χ2v) is 3.05. The van der Waals surface area contributed by atoms with Crippen LogP contribution in [0.2, 0.25) is 0 Å². The van der Waals surface area contributed by atoms with Gasteiger partial charge >= 0.3 is 0 Å². The van der Waals surface area contributed by atoms with Crippen molar-refractivity contribution in [3.63, 3.8) is 0 Å². The van der Waals surface area contributed by atoms with Crippen LogP contribution in [0.4, 0.5) is 0 Å². The summed E-state index contributed by atoms with van der Waals surface area (Å²) in [5.74, 6) is 0.860. The quantitative estimate of drug-likeness (QED) is 0.671. The highest BCUT2D eigenvalue weighted by atomic mass is 16.5. The Morgan fingerprint density at radius 2 is 2.15 bits per heavy atom. The molecule has 0 aliphatic carbocycles. The molecule has 1 heterocycles. The molecule has 0 fully saturated rings. The molecule has 0 aliphatic rings. The zero-order valence-corrected chi connectivity index (χ0v) is 7.92. The molecule has 1 aromatic carbocycles. The fourth-order valence-corrected chi connectivity index (χ4v) is 1.49. The van der Waals surface area contributed by atoms with Crippen molar-refractivity contribution in [1.82, 2.24) is 4.98 Å². The van der Waals surface area contributed by atoms with E-state index in [0.717, 1.165) is 28.0 Å². The Hall–Kier alpha value is -1.51. The number of methoxy groups -OCH3 is 1. The summed E-state index contributed by atoms with van der Waals surface area (Å²) >= 11 is 0. The molecule has 2 aromatic rings. The molecule has 0 atom stereocenters. The maximum absolute atomic E-state index is 5.26. The molecule has 0 bridgehead atoms. The summed E-state index contributed by atoms with van der Waals surface area (Å²) in [7, 11) is 1.66. The van der Waals surface area contributed by atoms with Crippen LogP contribution in [-0.4, -0.2) is 12.1 Å². The molecule has 0 saturated heterocycles. The number of benzene rings is 1. The Bertz CT molecular complexity index is 445. The molecule has 3 heteroatoms. The predicted molar refractivity (Wildman–Crippen MR) is 50.0 cm³/mol. The van der Waals surface area contributed by atoms with Gasteiger partial charge in [-0.15, -0.1) is 0 Å². The van der Waals surface area contributed by atoms with Gasteiger partial charge in [0.1, 0.15) is 11.3 Å². The smallest absolute Gasteiger partial charge is 0.182 e. The van der Waals surface area contributed by atoms with Crippen molar-refractivity contribution in [2.24, 2.45) is 0 Å². The largest absolute Gasteiger partial charge is 0.496 e. The summed E-state index contributed by atoms with van der Waals surface area (Å²) in [4.78, 5) is 4.14. The van der Waals surface area contributed by atoms with Crippen LogP contribution in [0.25, 0.3) is 11.1 Å². The molecule has 0 amide bonds. The second kappa shape index (κ2) is 2.76. The average Bonchev–Trinajstić information content (AvgIpc) is 2.60. The van der Waals surface area contributed by atoms with Crippen LogP contribution in [0.5, 0.6) is 5.75 Å². The molecular weight excluding hydrogens is 166 g/mol. The summed E-state index contributed by atoms with van der Waals surface area (Å²) in [6.07, 6.45) is 1.46. The maximum atomic E-state index is 5.26. The van der Waals surface area contributed by atoms with Gasteiger partial charge < -0.3 is 9.15 Å². The first-order valence-electron chi connectivity index (χ1n) is 4.11. The normalized spacial score (nSPS) is 10.7. The van der Waals surface area contributed by atoms with Gasteiger partial charge in [0.2, 0.25) is 0 Å². The number of oxazole rings is 1. The third-order valence-corrected chi connectivity index (χ3v) is 2.22. The lowest BCUT2D eigenvalue weighted by molar-refractivity contribution is 0.412. The number of hydrogen-bond donors (Lipinski definition) is 0. The average molecular weight is 177 g/mol. The Morgan fingerprint density at radius 3 is 2.85 bits per heavy atom. The van der Waals surface area contributed by atoms with E-state index in [1.165, 1.54) is 6.39 Å². The first-order chi connectivity index (χ1) is 6.24. The molecule has 0 aliphatic heterocycles. The van der Waals surface area contributed by atoms with Crippen LogP contribution in [0.15, 0.2) is 16.9 Å². The lowest BCUT2D eigenvalue weighted by atomic mass is 10.1. The molecule has 68 valence electrons. The van der Waals surface area contributed by atoms with Crippen LogP contribution in [-0.2, 0) is 0 Å². The van der Waals surface area contributed by atoms with E-state index in [2.05, 4.69) is 4.98 Å². The van der Waals surface area contributed by atoms with Crippen molar-refractivity contribution >= 4 is 11.1 Å². The number of nitrogens with zero attached hydrogens (tertiary/aromatic N) is 1. The lowest BCUT2D eigenvalue weighted by Gasteiger charge is -2.05. The van der Waals surface area contributed by atoms with E-state index in [9.17, 15) is 0 Å². The summed E-state index contributed by atoms with van der Waals surface area (Å²) in [6.45, 7) is 3.96. The lowest BCUT2D eigenvalue weighted by Crippen LogP contribution is -1.89. The van der Waals surface area contributed by atoms with E-state index >= 15 is 0 Å². The fourth-order valence-electron chi connectivity index (χ4n) is 1.49. The van der Waals surface area contributed by atoms with E-state index < -0.39 is 0 Å². The molecule has 3 nitrogen and oxygen atoms in total. The van der Waals surface area contributed by atoms with Gasteiger partial charge in [-0.25, -0.2) is 4.98 Å². The van der Waals surface area contributed by atoms with Gasteiger partial charge in [-0.3, -0.25) is 0 Å². The summed E-state index contributed by atoms with van der Waals surface area (Å²) in [5, 5.41) is 0. The predicted octanol–water partition coefficient (Wildman–Crippen LogP) is 2.45. The van der Waals surface area contributed by atoms with E-state index in [-0.39, 0.29) is 0 Å². The highest BCUT2D eigenvalue weighted by Gasteiger charge is 2.10. The second-order valence-electron chi connectivity index (χ2n) is 3.05. The fraction of sp³-hybridized carbons (Fsp3) is 0.300. The molecule has 0 N–H and O–H groups in total. The minimum atomic E-state index is 0.846. The van der Waals surface area contributed by atoms with Crippen molar-refractivity contribution in [1.29, 1.82) is 0 Å². The van der Waals surface area contributed by atoms with E-state index in [4.69, 9.17) is 9.15 Å². The monoisotopic (exact) mass is 177 g/mol. The van der Waals surface area contributed by atoms with Gasteiger partial charge in [0.25, 0.3) is 0 Å². The SMILES string of the molecule is COc1cc(C)c2ocnc2c1C. The van der Waals surface area contributed by atoms with Gasteiger partial charge in [-0.2, -0.15) is 0 Å². The van der Waals surface area contributed by atoms with Crippen LogP contribution in [0, 0.1) is 13.8 Å². The third-order valence-electron chi connectivity index (χ3n) is 2.22. The van der Waals surface area contributed by atoms with Crippen molar-refractivity contribution in [3.05, 3.63) is 23.6 Å². The molecule has 2 rings (SSSR count). The summed E-state index contributed by atoms with van der Waals surface area (Å²) < 4.78 is 10.5. The minimum Gasteiger partial charge on any atom is -0.496 e. The van der Waals surface area contributed by atoms with Gasteiger partial charge in [-0.1, -0.05) is 0 Å². The molecule has 0 saturated carbocycles. The van der Waals surface area contributed by atoms with Crippen molar-refractivity contribution in [3.8, 4) is 5.75 Å². The Morgan fingerprint density at radius 1 is 1.38 bits per heavy atom. The highest BCUT2D eigenvalue weighted by Crippen LogP contribution is 2.28. The van der Waals surface area contributed by atoms with Crippen LogP contribution in [0.3, 0.4) is 0 Å². The van der Waals surface area contributed by atoms with Crippen LogP contribution < -0.4 is 4.74 Å². The Kier molecular flexibility index (Phi) is 1.72. The molecule has 0 spiro atoms. The minimum absolute atomic E-state index is 0.846. The van der Waals surface area contributed by atoms with Gasteiger partial charge in [0.15, 0.2) is 12.0 Å². The van der Waals surface area contributed by atoms with E-state index in [0.29, 0.717) is 0 Å². The first-order valence-corrected chi connectivity index (χ1v) is 4.11. The molecule has 0 radical (unpaired) electrons. The third kappa shape index (κ3) is 1.08. The summed E-state index contributed by atoms with van der Waals surface area (Å²) in [6, 6.07) is 1.96. The zero-order valence-electron chi connectivity index (χ0n) is 7.92. The molecule has 1 aromatic heterocycles. The Labute approximate surface area is 76.3 Å². The Balaban J connectivity index is 2.85. The van der Waals surface area contributed by atoms with Crippen molar-refractivity contribution < 1.29 is 9.15 Å². The van der Waals surface area contributed by atoms with Gasteiger partial charge in [0, 0.05) is 5.56 Å². The first kappa shape index (κ1) is 8.10. The maximum Gasteiger partial charge on any atom is 0.182 e. The number of hydrogen-bond acceptors (Lipinski definition) is 3. The van der Waals surface area contributed by atoms with Crippen molar-refractivity contribution in [2.45, 2.75) is 13.8 Å². The standard InChI is InChI=1S/C10H11NO2/c1-6-4-8(12-3)7(2)9-10(6)13-5-11-9/h4-5H,1-3H3. The summed E-state index contributed by atoms with van der Waals surface area (Å²) in [5.41, 5.74) is 3.81. The number of fused-ring (bicyclic) bond motifs is 1.